The summed E-state index contributed by atoms with van der Waals surface area (Å²) in [6.07, 6.45) is 0.843. The van der Waals surface area contributed by atoms with Gasteiger partial charge in [-0.15, -0.1) is 11.3 Å². The van der Waals surface area contributed by atoms with Crippen LogP contribution < -0.4 is 11.1 Å². The van der Waals surface area contributed by atoms with E-state index in [0.29, 0.717) is 18.7 Å². The molecular formula is C16H20N2OS. The number of amides is 1. The molecule has 3 nitrogen and oxygen atoms in total. The van der Waals surface area contributed by atoms with Gasteiger partial charge in [-0.3, -0.25) is 4.79 Å². The number of aryl methyl sites for hydroxylation is 2. The highest BCUT2D eigenvalue weighted by atomic mass is 32.1. The first kappa shape index (κ1) is 14.8. The molecule has 0 saturated carbocycles. The summed E-state index contributed by atoms with van der Waals surface area (Å²) in [7, 11) is 0. The fraction of sp³-hybridized carbons (Fsp3) is 0.312. The fourth-order valence-electron chi connectivity index (χ4n) is 2.00. The Hall–Kier alpha value is -1.65. The van der Waals surface area contributed by atoms with Crippen molar-refractivity contribution in [2.24, 2.45) is 5.73 Å². The first-order valence-corrected chi connectivity index (χ1v) is 7.55. The minimum Gasteiger partial charge on any atom is -0.347 e. The predicted molar refractivity (Wildman–Crippen MR) is 84.2 cm³/mol. The van der Waals surface area contributed by atoms with Crippen LogP contribution in [0.25, 0.3) is 0 Å². The largest absolute Gasteiger partial charge is 0.347 e. The number of nitrogens with two attached hydrogens (primary N) is 1. The lowest BCUT2D eigenvalue weighted by molar-refractivity contribution is 0.0951. The zero-order valence-electron chi connectivity index (χ0n) is 11.9. The van der Waals surface area contributed by atoms with Gasteiger partial charge in [0.1, 0.15) is 0 Å². The zero-order valence-corrected chi connectivity index (χ0v) is 12.7. The van der Waals surface area contributed by atoms with Crippen LogP contribution in [0, 0.1) is 13.8 Å². The number of thiophene rings is 1. The molecule has 0 saturated heterocycles. The molecule has 0 radical (unpaired) electrons. The Morgan fingerprint density at radius 1 is 1.25 bits per heavy atom. The summed E-state index contributed by atoms with van der Waals surface area (Å²) >= 11 is 1.73. The second-order valence-electron chi connectivity index (χ2n) is 4.87. The van der Waals surface area contributed by atoms with E-state index in [0.717, 1.165) is 12.0 Å². The first-order chi connectivity index (χ1) is 9.60. The van der Waals surface area contributed by atoms with Crippen molar-refractivity contribution in [3.05, 3.63) is 56.8 Å². The second-order valence-corrected chi connectivity index (χ2v) is 6.21. The Kier molecular flexibility index (Phi) is 4.93. The van der Waals surface area contributed by atoms with Gasteiger partial charge in [-0.1, -0.05) is 12.1 Å². The van der Waals surface area contributed by atoms with Crippen molar-refractivity contribution in [3.63, 3.8) is 0 Å². The molecule has 0 aliphatic carbocycles. The lowest BCUT2D eigenvalue weighted by atomic mass is 10.1. The molecule has 0 bridgehead atoms. The maximum Gasteiger partial charge on any atom is 0.251 e. The van der Waals surface area contributed by atoms with Crippen LogP contribution in [0.4, 0.5) is 0 Å². The maximum atomic E-state index is 12.0. The van der Waals surface area contributed by atoms with Crippen LogP contribution in [-0.4, -0.2) is 12.5 Å². The first-order valence-electron chi connectivity index (χ1n) is 6.73. The molecule has 2 rings (SSSR count). The van der Waals surface area contributed by atoms with Crippen molar-refractivity contribution in [3.8, 4) is 0 Å². The van der Waals surface area contributed by atoms with Crippen LogP contribution in [0.1, 0.15) is 31.2 Å². The third-order valence-corrected chi connectivity index (χ3v) is 4.44. The Labute approximate surface area is 123 Å². The molecule has 0 aliphatic heterocycles. The average Bonchev–Trinajstić information content (AvgIpc) is 2.76. The number of hydrogen-bond donors (Lipinski definition) is 2. The molecule has 2 aromatic rings. The number of carbonyl (C=O) groups is 1. The highest BCUT2D eigenvalue weighted by Gasteiger charge is 2.07. The van der Waals surface area contributed by atoms with Crippen LogP contribution in [0.5, 0.6) is 0 Å². The van der Waals surface area contributed by atoms with Crippen LogP contribution in [0.15, 0.2) is 30.3 Å². The molecule has 0 spiro atoms. The van der Waals surface area contributed by atoms with Crippen LogP contribution >= 0.6 is 11.3 Å². The van der Waals surface area contributed by atoms with E-state index < -0.39 is 0 Å². The van der Waals surface area contributed by atoms with Crippen molar-refractivity contribution < 1.29 is 4.79 Å². The van der Waals surface area contributed by atoms with Gasteiger partial charge >= 0.3 is 0 Å². The summed E-state index contributed by atoms with van der Waals surface area (Å²) < 4.78 is 0. The Morgan fingerprint density at radius 2 is 1.95 bits per heavy atom. The molecule has 1 aromatic heterocycles. The smallest absolute Gasteiger partial charge is 0.251 e. The van der Waals surface area contributed by atoms with E-state index in [4.69, 9.17) is 5.73 Å². The molecule has 1 heterocycles. The SMILES string of the molecule is Cc1cc(CNC(=O)c2ccc(CCN)cc2)sc1C. The van der Waals surface area contributed by atoms with Crippen LogP contribution in [0.3, 0.4) is 0 Å². The third kappa shape index (κ3) is 3.68. The summed E-state index contributed by atoms with van der Waals surface area (Å²) in [5.74, 6) is -0.0343. The number of hydrogen-bond acceptors (Lipinski definition) is 3. The minimum absolute atomic E-state index is 0.0343. The summed E-state index contributed by atoms with van der Waals surface area (Å²) in [6.45, 7) is 5.40. The molecule has 0 aliphatic rings. The Bertz CT molecular complexity index is 568. The van der Waals surface area contributed by atoms with Gasteiger partial charge in [0.25, 0.3) is 5.91 Å². The van der Waals surface area contributed by atoms with Gasteiger partial charge in [-0.2, -0.15) is 0 Å². The summed E-state index contributed by atoms with van der Waals surface area (Å²) in [4.78, 5) is 14.5. The van der Waals surface area contributed by atoms with Gasteiger partial charge in [0.05, 0.1) is 6.54 Å². The summed E-state index contributed by atoms with van der Waals surface area (Å²) in [5.41, 5.74) is 8.64. The van der Waals surface area contributed by atoms with E-state index in [1.165, 1.54) is 15.3 Å². The highest BCUT2D eigenvalue weighted by Crippen LogP contribution is 2.20. The van der Waals surface area contributed by atoms with Gasteiger partial charge < -0.3 is 11.1 Å². The van der Waals surface area contributed by atoms with Gasteiger partial charge in [0.15, 0.2) is 0 Å². The number of nitrogens with one attached hydrogen (secondary N) is 1. The quantitative estimate of drug-likeness (QED) is 0.889. The molecule has 106 valence electrons. The Balaban J connectivity index is 1.94. The molecule has 4 heteroatoms. The van der Waals surface area contributed by atoms with E-state index in [2.05, 4.69) is 25.2 Å². The van der Waals surface area contributed by atoms with Crippen molar-refractivity contribution in [2.75, 3.05) is 6.54 Å². The average molecular weight is 288 g/mol. The van der Waals surface area contributed by atoms with E-state index in [1.54, 1.807) is 11.3 Å². The number of carbonyl (C=O) groups excluding carboxylic acids is 1. The normalized spacial score (nSPS) is 10.6. The predicted octanol–water partition coefficient (Wildman–Crippen LogP) is 2.80. The fourth-order valence-corrected chi connectivity index (χ4v) is 2.99. The molecule has 1 amide bonds. The summed E-state index contributed by atoms with van der Waals surface area (Å²) in [6, 6.07) is 9.75. The summed E-state index contributed by atoms with van der Waals surface area (Å²) in [5, 5.41) is 2.95. The van der Waals surface area contributed by atoms with Gasteiger partial charge in [0, 0.05) is 15.3 Å². The lowest BCUT2D eigenvalue weighted by Crippen LogP contribution is -2.22. The van der Waals surface area contributed by atoms with E-state index >= 15 is 0 Å². The standard InChI is InChI=1S/C16H20N2OS/c1-11-9-15(20-12(11)2)10-18-16(19)14-5-3-13(4-6-14)7-8-17/h3-6,9H,7-8,10,17H2,1-2H3,(H,18,19). The van der Waals surface area contributed by atoms with Crippen LogP contribution in [-0.2, 0) is 13.0 Å². The molecule has 1 aromatic carbocycles. The number of rotatable bonds is 5. The topological polar surface area (TPSA) is 55.1 Å². The Morgan fingerprint density at radius 3 is 2.50 bits per heavy atom. The molecule has 20 heavy (non-hydrogen) atoms. The third-order valence-electron chi connectivity index (χ3n) is 3.29. The van der Waals surface area contributed by atoms with Crippen molar-refractivity contribution >= 4 is 17.2 Å². The maximum absolute atomic E-state index is 12.0. The molecule has 3 N–H and O–H groups in total. The molecular weight excluding hydrogens is 268 g/mol. The molecule has 0 fully saturated rings. The monoisotopic (exact) mass is 288 g/mol. The van der Waals surface area contributed by atoms with Gasteiger partial charge in [-0.05, 0) is 56.1 Å². The number of benzene rings is 1. The van der Waals surface area contributed by atoms with Crippen molar-refractivity contribution in [2.45, 2.75) is 26.8 Å². The van der Waals surface area contributed by atoms with Gasteiger partial charge in [0.2, 0.25) is 0 Å². The van der Waals surface area contributed by atoms with E-state index in [1.807, 2.05) is 24.3 Å². The molecule has 0 atom stereocenters. The van der Waals surface area contributed by atoms with Crippen LogP contribution in [0.2, 0.25) is 0 Å². The molecule has 0 unspecified atom stereocenters. The van der Waals surface area contributed by atoms with E-state index in [9.17, 15) is 4.79 Å². The zero-order chi connectivity index (χ0) is 14.5. The minimum atomic E-state index is -0.0343. The van der Waals surface area contributed by atoms with Crippen molar-refractivity contribution in [1.82, 2.24) is 5.32 Å². The lowest BCUT2D eigenvalue weighted by Gasteiger charge is -2.05. The van der Waals surface area contributed by atoms with E-state index in [-0.39, 0.29) is 5.91 Å². The highest BCUT2D eigenvalue weighted by molar-refractivity contribution is 7.12. The van der Waals surface area contributed by atoms with Crippen molar-refractivity contribution in [1.29, 1.82) is 0 Å². The second kappa shape index (κ2) is 6.68. The van der Waals surface area contributed by atoms with Gasteiger partial charge in [-0.25, -0.2) is 0 Å².